The molecular weight excluding hydrogens is 425 g/mol. The Kier molecular flexibility index (Phi) is 8.38. The van der Waals surface area contributed by atoms with E-state index < -0.39 is 0 Å². The highest BCUT2D eigenvalue weighted by Gasteiger charge is 2.17. The topological polar surface area (TPSA) is 115 Å². The third kappa shape index (κ3) is 6.08. The number of benzene rings is 2. The molecule has 0 radical (unpaired) electrons. The molecule has 1 amide bonds. The number of halogens is 1. The van der Waals surface area contributed by atoms with E-state index in [1.807, 2.05) is 6.92 Å². The van der Waals surface area contributed by atoms with E-state index in [0.29, 0.717) is 61.9 Å². The van der Waals surface area contributed by atoms with Gasteiger partial charge in [-0.25, -0.2) is 9.07 Å². The van der Waals surface area contributed by atoms with Crippen LogP contribution in [0.2, 0.25) is 0 Å². The van der Waals surface area contributed by atoms with Gasteiger partial charge in [0.1, 0.15) is 35.6 Å². The van der Waals surface area contributed by atoms with Crippen LogP contribution in [0.4, 0.5) is 10.2 Å². The lowest BCUT2D eigenvalue weighted by Gasteiger charge is -2.11. The van der Waals surface area contributed by atoms with Gasteiger partial charge in [-0.05, 0) is 56.2 Å². The second kappa shape index (κ2) is 11.6. The molecule has 3 aromatic rings. The minimum Gasteiger partial charge on any atom is -0.490 e. The molecule has 0 unspecified atom stereocenters. The van der Waals surface area contributed by atoms with E-state index in [1.165, 1.54) is 28.9 Å². The smallest absolute Gasteiger partial charge is 0.255 e. The van der Waals surface area contributed by atoms with Crippen LogP contribution in [0.3, 0.4) is 0 Å². The fourth-order valence-electron chi connectivity index (χ4n) is 3.24. The first-order chi connectivity index (χ1) is 16.0. The maximum Gasteiger partial charge on any atom is 0.255 e. The Morgan fingerprint density at radius 1 is 1.21 bits per heavy atom. The van der Waals surface area contributed by atoms with Crippen molar-refractivity contribution in [3.8, 4) is 17.5 Å². The van der Waals surface area contributed by atoms with Gasteiger partial charge in [-0.3, -0.25) is 4.79 Å². The number of nitrogens with two attached hydrogens (primary N) is 1. The zero-order chi connectivity index (χ0) is 23.6. The Morgan fingerprint density at radius 2 is 1.97 bits per heavy atom. The van der Waals surface area contributed by atoms with E-state index in [4.69, 9.17) is 15.2 Å². The number of ether oxygens (including phenoxy) is 2. The van der Waals surface area contributed by atoms with Crippen molar-refractivity contribution in [2.45, 2.75) is 19.8 Å². The predicted molar refractivity (Wildman–Crippen MR) is 122 cm³/mol. The third-order valence-electron chi connectivity index (χ3n) is 4.87. The van der Waals surface area contributed by atoms with Crippen LogP contribution in [0.15, 0.2) is 48.5 Å². The lowest BCUT2D eigenvalue weighted by atomic mass is 10.1. The molecule has 0 aliphatic heterocycles. The molecule has 0 aliphatic rings. The fraction of sp³-hybridized carbons (Fsp3) is 0.292. The van der Waals surface area contributed by atoms with Crippen molar-refractivity contribution in [2.75, 3.05) is 32.1 Å². The van der Waals surface area contributed by atoms with Crippen molar-refractivity contribution >= 4 is 11.7 Å². The van der Waals surface area contributed by atoms with Crippen LogP contribution in [-0.4, -0.2) is 42.1 Å². The van der Waals surface area contributed by atoms with Crippen LogP contribution in [-0.2, 0) is 11.2 Å². The number of hydrogen-bond donors (Lipinski definition) is 2. The standard InChI is InChI=1S/C24H26FN5O3/c1-2-32-14-15-33-22-8-4-3-6-19(22)24(31)28-13-5-7-21-20(16-26)23(27)30(29-21)18-11-9-17(25)10-12-18/h3-4,6,8-12H,2,5,7,13-15,27H2,1H3,(H,28,31). The number of carbonyl (C=O) groups is 1. The minimum atomic E-state index is -0.373. The lowest BCUT2D eigenvalue weighted by molar-refractivity contribution is 0.0936. The summed E-state index contributed by atoms with van der Waals surface area (Å²) in [4.78, 5) is 12.6. The molecule has 3 rings (SSSR count). The SMILES string of the molecule is CCOCCOc1ccccc1C(=O)NCCCc1nn(-c2ccc(F)cc2)c(N)c1C#N. The molecule has 0 fully saturated rings. The molecule has 33 heavy (non-hydrogen) atoms. The van der Waals surface area contributed by atoms with Crippen LogP contribution in [0.5, 0.6) is 5.75 Å². The second-order valence-corrected chi connectivity index (χ2v) is 7.11. The van der Waals surface area contributed by atoms with Gasteiger partial charge in [-0.15, -0.1) is 0 Å². The van der Waals surface area contributed by atoms with Gasteiger partial charge in [0.2, 0.25) is 0 Å². The van der Waals surface area contributed by atoms with Crippen molar-refractivity contribution in [3.63, 3.8) is 0 Å². The van der Waals surface area contributed by atoms with E-state index in [1.54, 1.807) is 24.3 Å². The quantitative estimate of drug-likeness (QED) is 0.433. The Balaban J connectivity index is 1.58. The maximum atomic E-state index is 13.2. The van der Waals surface area contributed by atoms with Gasteiger partial charge in [-0.1, -0.05) is 12.1 Å². The number of nitriles is 1. The zero-order valence-corrected chi connectivity index (χ0v) is 18.4. The molecular formula is C24H26FN5O3. The normalized spacial score (nSPS) is 10.6. The first-order valence-electron chi connectivity index (χ1n) is 10.7. The Labute approximate surface area is 191 Å². The predicted octanol–water partition coefficient (Wildman–Crippen LogP) is 3.24. The average molecular weight is 452 g/mol. The van der Waals surface area contributed by atoms with Crippen LogP contribution in [0, 0.1) is 17.1 Å². The minimum absolute atomic E-state index is 0.196. The lowest BCUT2D eigenvalue weighted by Crippen LogP contribution is -2.25. The molecule has 0 bridgehead atoms. The Morgan fingerprint density at radius 3 is 2.70 bits per heavy atom. The number of para-hydroxylation sites is 1. The molecule has 9 heteroatoms. The highest BCUT2D eigenvalue weighted by atomic mass is 19.1. The Hall–Kier alpha value is -3.90. The monoisotopic (exact) mass is 451 g/mol. The first-order valence-corrected chi connectivity index (χ1v) is 10.7. The average Bonchev–Trinajstić information content (AvgIpc) is 3.15. The summed E-state index contributed by atoms with van der Waals surface area (Å²) in [6.07, 6.45) is 0.988. The van der Waals surface area contributed by atoms with Crippen LogP contribution >= 0.6 is 0 Å². The van der Waals surface area contributed by atoms with Crippen LogP contribution in [0.1, 0.15) is 35.0 Å². The molecule has 0 aliphatic carbocycles. The van der Waals surface area contributed by atoms with Crippen LogP contribution in [0.25, 0.3) is 5.69 Å². The van der Waals surface area contributed by atoms with Crippen molar-refractivity contribution in [1.29, 1.82) is 5.26 Å². The number of aryl methyl sites for hydroxylation is 1. The van der Waals surface area contributed by atoms with Gasteiger partial charge in [0, 0.05) is 13.2 Å². The number of anilines is 1. The van der Waals surface area contributed by atoms with Crippen molar-refractivity contribution in [3.05, 3.63) is 71.2 Å². The molecule has 8 nitrogen and oxygen atoms in total. The van der Waals surface area contributed by atoms with Gasteiger partial charge in [0.15, 0.2) is 0 Å². The summed E-state index contributed by atoms with van der Waals surface area (Å²) < 4.78 is 25.5. The molecule has 2 aromatic carbocycles. The molecule has 3 N–H and O–H groups in total. The summed E-state index contributed by atoms with van der Waals surface area (Å²) >= 11 is 0. The number of nitrogens with one attached hydrogen (secondary N) is 1. The van der Waals surface area contributed by atoms with Gasteiger partial charge < -0.3 is 20.5 Å². The summed E-state index contributed by atoms with van der Waals surface area (Å²) in [5, 5.41) is 16.8. The number of aromatic nitrogens is 2. The Bertz CT molecular complexity index is 1120. The van der Waals surface area contributed by atoms with E-state index in [-0.39, 0.29) is 23.1 Å². The van der Waals surface area contributed by atoms with Crippen molar-refractivity contribution in [2.24, 2.45) is 0 Å². The van der Waals surface area contributed by atoms with Gasteiger partial charge >= 0.3 is 0 Å². The number of nitrogens with zero attached hydrogens (tertiary/aromatic N) is 3. The van der Waals surface area contributed by atoms with E-state index in [2.05, 4.69) is 16.5 Å². The highest BCUT2D eigenvalue weighted by Crippen LogP contribution is 2.22. The van der Waals surface area contributed by atoms with Crippen molar-refractivity contribution < 1.29 is 18.7 Å². The second-order valence-electron chi connectivity index (χ2n) is 7.11. The zero-order valence-electron chi connectivity index (χ0n) is 18.4. The summed E-state index contributed by atoms with van der Waals surface area (Å²) in [5.41, 5.74) is 7.88. The molecule has 0 saturated heterocycles. The summed E-state index contributed by atoms with van der Waals surface area (Å²) in [7, 11) is 0. The summed E-state index contributed by atoms with van der Waals surface area (Å²) in [6.45, 7) is 3.68. The number of amides is 1. The van der Waals surface area contributed by atoms with E-state index in [0.717, 1.165) is 0 Å². The molecule has 0 spiro atoms. The van der Waals surface area contributed by atoms with Gasteiger partial charge in [0.25, 0.3) is 5.91 Å². The molecule has 0 saturated carbocycles. The molecule has 0 atom stereocenters. The molecule has 172 valence electrons. The maximum absolute atomic E-state index is 13.2. The van der Waals surface area contributed by atoms with Gasteiger partial charge in [-0.2, -0.15) is 10.4 Å². The summed E-state index contributed by atoms with van der Waals surface area (Å²) in [6, 6.07) is 14.8. The number of nitrogen functional groups attached to an aromatic ring is 1. The molecule has 1 aromatic heterocycles. The van der Waals surface area contributed by atoms with Crippen molar-refractivity contribution in [1.82, 2.24) is 15.1 Å². The van der Waals surface area contributed by atoms with E-state index in [9.17, 15) is 14.4 Å². The third-order valence-corrected chi connectivity index (χ3v) is 4.87. The number of rotatable bonds is 11. The fourth-order valence-corrected chi connectivity index (χ4v) is 3.24. The van der Waals surface area contributed by atoms with E-state index >= 15 is 0 Å². The molecule has 1 heterocycles. The highest BCUT2D eigenvalue weighted by molar-refractivity contribution is 5.96. The van der Waals surface area contributed by atoms with Crippen LogP contribution < -0.4 is 15.8 Å². The first kappa shape index (κ1) is 23.8. The van der Waals surface area contributed by atoms with Gasteiger partial charge in [0.05, 0.1) is 23.6 Å². The summed E-state index contributed by atoms with van der Waals surface area (Å²) in [5.74, 6) is 0.0645. The number of hydrogen-bond acceptors (Lipinski definition) is 6. The number of carbonyl (C=O) groups excluding carboxylic acids is 1. The largest absolute Gasteiger partial charge is 0.490 e.